The molecule has 0 atom stereocenters. The Morgan fingerprint density at radius 3 is 2.75 bits per heavy atom. The van der Waals surface area contributed by atoms with Crippen LogP contribution in [0.3, 0.4) is 0 Å². The van der Waals surface area contributed by atoms with Gasteiger partial charge in [0.25, 0.3) is 0 Å². The van der Waals surface area contributed by atoms with E-state index in [0.717, 1.165) is 10.5 Å². The van der Waals surface area contributed by atoms with Crippen LogP contribution in [0.4, 0.5) is 5.69 Å². The van der Waals surface area contributed by atoms with Crippen LogP contribution >= 0.6 is 11.8 Å². The number of thioether (sulfide) groups is 1. The number of nitrogens with zero attached hydrogens (tertiary/aromatic N) is 1. The molecule has 2 heterocycles. The maximum absolute atomic E-state index is 4.40. The number of fused-ring (bicyclic) bond motifs is 2. The lowest BCUT2D eigenvalue weighted by atomic mass is 10.1. The minimum absolute atomic E-state index is 1.03. The minimum Gasteiger partial charge on any atom is -0.349 e. The van der Waals surface area contributed by atoms with E-state index in [1.54, 1.807) is 11.8 Å². The molecule has 4 rings (SSSR count). The molecule has 2 aromatic carbocycles. The number of para-hydroxylation sites is 2. The summed E-state index contributed by atoms with van der Waals surface area (Å²) in [7, 11) is 0. The summed E-state index contributed by atoms with van der Waals surface area (Å²) in [4.78, 5) is 5.67. The molecule has 0 saturated heterocycles. The van der Waals surface area contributed by atoms with E-state index >= 15 is 0 Å². The largest absolute Gasteiger partial charge is 0.349 e. The van der Waals surface area contributed by atoms with Crippen molar-refractivity contribution in [1.82, 2.24) is 4.98 Å². The summed E-state index contributed by atoms with van der Waals surface area (Å²) >= 11 is 1.77. The summed E-state index contributed by atoms with van der Waals surface area (Å²) in [6.07, 6.45) is 4.05. The van der Waals surface area contributed by atoms with Gasteiger partial charge in [0.1, 0.15) is 0 Å². The molecule has 96 valence electrons. The molecule has 0 spiro atoms. The quantitative estimate of drug-likeness (QED) is 0.694. The van der Waals surface area contributed by atoms with Gasteiger partial charge in [-0.1, -0.05) is 42.1 Å². The lowest BCUT2D eigenvalue weighted by Crippen LogP contribution is -1.89. The van der Waals surface area contributed by atoms with E-state index in [0.29, 0.717) is 0 Å². The van der Waals surface area contributed by atoms with Crippen LogP contribution in [0, 0.1) is 0 Å². The lowest BCUT2D eigenvalue weighted by molar-refractivity contribution is 1.40. The first-order valence-electron chi connectivity index (χ1n) is 6.49. The molecule has 0 fully saturated rings. The summed E-state index contributed by atoms with van der Waals surface area (Å²) in [5, 5.41) is 5.79. The van der Waals surface area contributed by atoms with E-state index in [-0.39, 0.29) is 0 Å². The summed E-state index contributed by atoms with van der Waals surface area (Å²) in [5.41, 5.74) is 3.41. The molecule has 20 heavy (non-hydrogen) atoms. The fourth-order valence-corrected chi connectivity index (χ4v) is 3.35. The molecule has 0 radical (unpaired) electrons. The number of anilines is 1. The molecule has 2 nitrogen and oxygen atoms in total. The second-order valence-electron chi connectivity index (χ2n) is 4.65. The number of nitrogens with one attached hydrogen (secondary N) is 1. The highest BCUT2D eigenvalue weighted by Gasteiger charge is 2.14. The number of benzene rings is 2. The van der Waals surface area contributed by atoms with Gasteiger partial charge >= 0.3 is 0 Å². The van der Waals surface area contributed by atoms with Gasteiger partial charge in [-0.25, -0.2) is 0 Å². The third-order valence-corrected chi connectivity index (χ3v) is 4.35. The molecule has 3 aromatic rings. The maximum Gasteiger partial charge on any atom is 0.0781 e. The van der Waals surface area contributed by atoms with E-state index < -0.39 is 0 Å². The number of rotatable bonds is 1. The van der Waals surface area contributed by atoms with Gasteiger partial charge in [0.15, 0.2) is 0 Å². The van der Waals surface area contributed by atoms with E-state index in [4.69, 9.17) is 0 Å². The Morgan fingerprint density at radius 2 is 1.80 bits per heavy atom. The summed E-state index contributed by atoms with van der Waals surface area (Å²) in [5.74, 6) is 0. The van der Waals surface area contributed by atoms with Gasteiger partial charge in [-0.2, -0.15) is 0 Å². The Kier molecular flexibility index (Phi) is 2.71. The molecule has 1 aliphatic heterocycles. The summed E-state index contributed by atoms with van der Waals surface area (Å²) in [6, 6.07) is 18.6. The minimum atomic E-state index is 1.03. The highest BCUT2D eigenvalue weighted by atomic mass is 32.2. The van der Waals surface area contributed by atoms with Gasteiger partial charge in [-0.15, -0.1) is 0 Å². The Labute approximate surface area is 121 Å². The van der Waals surface area contributed by atoms with E-state index in [9.17, 15) is 0 Å². The Balaban J connectivity index is 1.78. The average Bonchev–Trinajstić information content (AvgIpc) is 2.90. The number of hydrogen-bond acceptors (Lipinski definition) is 3. The van der Waals surface area contributed by atoms with Crippen molar-refractivity contribution >= 4 is 34.4 Å². The van der Waals surface area contributed by atoms with Crippen LogP contribution in [0.15, 0.2) is 70.7 Å². The molecule has 3 heteroatoms. The zero-order valence-corrected chi connectivity index (χ0v) is 11.5. The number of hydrogen-bond donors (Lipinski definition) is 1. The molecule has 1 aromatic heterocycles. The first kappa shape index (κ1) is 11.6. The van der Waals surface area contributed by atoms with Crippen LogP contribution in [-0.2, 0) is 0 Å². The Hall–Kier alpha value is -2.26. The zero-order valence-electron chi connectivity index (χ0n) is 10.7. The maximum atomic E-state index is 4.40. The molecule has 1 aliphatic rings. The summed E-state index contributed by atoms with van der Waals surface area (Å²) < 4.78 is 0. The van der Waals surface area contributed by atoms with Crippen LogP contribution in [0.2, 0.25) is 0 Å². The molecule has 0 bridgehead atoms. The summed E-state index contributed by atoms with van der Waals surface area (Å²) in [6.45, 7) is 0. The lowest BCUT2D eigenvalue weighted by Gasteiger charge is -2.03. The van der Waals surface area contributed by atoms with Crippen LogP contribution in [0.1, 0.15) is 5.56 Å². The first-order chi connectivity index (χ1) is 9.90. The molecule has 0 unspecified atom stereocenters. The molecule has 0 amide bonds. The van der Waals surface area contributed by atoms with Crippen LogP contribution in [-0.4, -0.2) is 4.98 Å². The van der Waals surface area contributed by atoms with Gasteiger partial charge in [-0.05, 0) is 35.9 Å². The van der Waals surface area contributed by atoms with Crippen molar-refractivity contribution in [2.75, 3.05) is 5.32 Å². The van der Waals surface area contributed by atoms with Crippen molar-refractivity contribution in [2.24, 2.45) is 0 Å². The predicted molar refractivity (Wildman–Crippen MR) is 85.6 cm³/mol. The van der Waals surface area contributed by atoms with Gasteiger partial charge in [-0.3, -0.25) is 4.98 Å². The molecular formula is C17H12N2S. The van der Waals surface area contributed by atoms with Crippen LogP contribution in [0.25, 0.3) is 17.0 Å². The zero-order chi connectivity index (χ0) is 13.4. The third-order valence-electron chi connectivity index (χ3n) is 3.33. The van der Waals surface area contributed by atoms with Crippen LogP contribution < -0.4 is 5.32 Å². The van der Waals surface area contributed by atoms with E-state index in [1.807, 2.05) is 18.3 Å². The van der Waals surface area contributed by atoms with Gasteiger partial charge < -0.3 is 5.32 Å². The molecule has 1 N–H and O–H groups in total. The van der Waals surface area contributed by atoms with E-state index in [2.05, 4.69) is 58.8 Å². The number of pyridine rings is 1. The Morgan fingerprint density at radius 1 is 0.950 bits per heavy atom. The Bertz CT molecular complexity index is 792. The monoisotopic (exact) mass is 276 g/mol. The predicted octanol–water partition coefficient (Wildman–Crippen LogP) is 4.75. The van der Waals surface area contributed by atoms with Crippen molar-refractivity contribution in [3.8, 4) is 0 Å². The second kappa shape index (κ2) is 4.69. The highest BCUT2D eigenvalue weighted by Crippen LogP contribution is 2.41. The SMILES string of the molecule is C(=C1/Nc2ccccc2S1)/c1ccnc2ccccc12. The van der Waals surface area contributed by atoms with Gasteiger partial charge in [0.05, 0.1) is 16.2 Å². The average molecular weight is 276 g/mol. The smallest absolute Gasteiger partial charge is 0.0781 e. The van der Waals surface area contributed by atoms with Crippen molar-refractivity contribution in [2.45, 2.75) is 4.90 Å². The van der Waals surface area contributed by atoms with Crippen molar-refractivity contribution in [3.05, 3.63) is 71.4 Å². The standard InChI is InChI=1S/C17H12N2S/c1-2-6-14-13(5-1)12(9-10-18-14)11-17-19-15-7-3-4-8-16(15)20-17/h1-11,19H/b17-11+. The number of aromatic nitrogens is 1. The molecule has 0 saturated carbocycles. The fourth-order valence-electron chi connectivity index (χ4n) is 2.39. The topological polar surface area (TPSA) is 24.9 Å². The normalized spacial score (nSPS) is 15.3. The second-order valence-corrected chi connectivity index (χ2v) is 5.73. The van der Waals surface area contributed by atoms with Crippen molar-refractivity contribution < 1.29 is 0 Å². The van der Waals surface area contributed by atoms with Crippen LogP contribution in [0.5, 0.6) is 0 Å². The molecular weight excluding hydrogens is 264 g/mol. The van der Waals surface area contributed by atoms with Gasteiger partial charge in [0.2, 0.25) is 0 Å². The van der Waals surface area contributed by atoms with Gasteiger partial charge in [0, 0.05) is 16.5 Å². The highest BCUT2D eigenvalue weighted by molar-refractivity contribution is 8.03. The van der Waals surface area contributed by atoms with Crippen molar-refractivity contribution in [3.63, 3.8) is 0 Å². The first-order valence-corrected chi connectivity index (χ1v) is 7.31. The third kappa shape index (κ3) is 1.96. The van der Waals surface area contributed by atoms with E-state index in [1.165, 1.54) is 21.5 Å². The van der Waals surface area contributed by atoms with Crippen molar-refractivity contribution in [1.29, 1.82) is 0 Å². The molecule has 0 aliphatic carbocycles. The fraction of sp³-hybridized carbons (Fsp3) is 0.